The van der Waals surface area contributed by atoms with E-state index in [0.29, 0.717) is 52.4 Å². The number of carboxylic acid groups (broad SMARTS) is 2. The Kier molecular flexibility index (Phi) is 13.9. The minimum Gasteiger partial charge on any atom is -0.478 e. The molecule has 3 aliphatic rings. The van der Waals surface area contributed by atoms with E-state index in [1.54, 1.807) is 23.6 Å². The summed E-state index contributed by atoms with van der Waals surface area (Å²) in [5.74, 6) is -3.45. The maximum absolute atomic E-state index is 14.9. The van der Waals surface area contributed by atoms with Crippen molar-refractivity contribution in [2.45, 2.75) is 83.4 Å². The van der Waals surface area contributed by atoms with Crippen molar-refractivity contribution >= 4 is 43.4 Å². The summed E-state index contributed by atoms with van der Waals surface area (Å²) in [6.07, 6.45) is 4.62. The number of aromatic carboxylic acids is 2. The van der Waals surface area contributed by atoms with Crippen LogP contribution < -0.4 is 9.80 Å². The number of benzene rings is 2. The van der Waals surface area contributed by atoms with E-state index in [1.807, 2.05) is 27.7 Å². The number of anilines is 2. The summed E-state index contributed by atoms with van der Waals surface area (Å²) in [4.78, 5) is 26.1. The van der Waals surface area contributed by atoms with E-state index in [9.17, 15) is 45.4 Å². The van der Waals surface area contributed by atoms with Crippen LogP contribution in [0.15, 0.2) is 34.1 Å². The van der Waals surface area contributed by atoms with Gasteiger partial charge in [0.1, 0.15) is 11.6 Å². The van der Waals surface area contributed by atoms with E-state index in [1.165, 1.54) is 8.61 Å². The lowest BCUT2D eigenvalue weighted by Gasteiger charge is -2.34. The highest BCUT2D eigenvalue weighted by Gasteiger charge is 2.35. The van der Waals surface area contributed by atoms with E-state index in [2.05, 4.69) is 0 Å². The van der Waals surface area contributed by atoms with E-state index in [4.69, 9.17) is 0 Å². The van der Waals surface area contributed by atoms with Crippen molar-refractivity contribution in [3.8, 4) is 0 Å². The largest absolute Gasteiger partial charge is 0.478 e. The summed E-state index contributed by atoms with van der Waals surface area (Å²) in [7, 11) is -7.89. The Morgan fingerprint density at radius 3 is 1.47 bits per heavy atom. The van der Waals surface area contributed by atoms with Gasteiger partial charge in [0.05, 0.1) is 32.3 Å². The Morgan fingerprint density at radius 2 is 1.08 bits per heavy atom. The number of hydrogen-bond donors (Lipinski definition) is 2. The van der Waals surface area contributed by atoms with Crippen LogP contribution in [0.1, 0.15) is 94.4 Å². The fraction of sp³-hybridized carbons (Fsp3) is 0.622. The van der Waals surface area contributed by atoms with Gasteiger partial charge in [0, 0.05) is 52.4 Å². The van der Waals surface area contributed by atoms with Crippen LogP contribution >= 0.6 is 0 Å². The fourth-order valence-corrected chi connectivity index (χ4v) is 11.4. The Labute approximate surface area is 312 Å². The highest BCUT2D eigenvalue weighted by Crippen LogP contribution is 2.34. The van der Waals surface area contributed by atoms with Gasteiger partial charge < -0.3 is 20.0 Å². The molecule has 296 valence electrons. The van der Waals surface area contributed by atoms with E-state index in [-0.39, 0.29) is 56.0 Å². The summed E-state index contributed by atoms with van der Waals surface area (Å²) in [5, 5.41) is 19.1. The molecule has 0 amide bonds. The highest BCUT2D eigenvalue weighted by atomic mass is 32.2. The molecule has 4 unspecified atom stereocenters. The number of nitrogens with zero attached hydrogens (tertiary/aromatic N) is 4. The van der Waals surface area contributed by atoms with Crippen LogP contribution in [0.3, 0.4) is 0 Å². The second-order valence-corrected chi connectivity index (χ2v) is 18.8. The van der Waals surface area contributed by atoms with Gasteiger partial charge in [0.15, 0.2) is 0 Å². The Morgan fingerprint density at radius 1 is 0.679 bits per heavy atom. The Balaban J connectivity index is 0.000000237. The molecule has 2 aromatic rings. The van der Waals surface area contributed by atoms with Crippen LogP contribution in [0.25, 0.3) is 0 Å². The van der Waals surface area contributed by atoms with Crippen molar-refractivity contribution in [3.05, 3.63) is 47.0 Å². The van der Waals surface area contributed by atoms with Gasteiger partial charge >= 0.3 is 11.9 Å². The van der Waals surface area contributed by atoms with E-state index >= 15 is 0 Å². The van der Waals surface area contributed by atoms with Crippen LogP contribution in [-0.2, 0) is 20.0 Å². The van der Waals surface area contributed by atoms with E-state index < -0.39 is 43.6 Å². The molecule has 0 radical (unpaired) electrons. The third kappa shape index (κ3) is 9.67. The molecule has 3 heterocycles. The topological polar surface area (TPSA) is 156 Å². The van der Waals surface area contributed by atoms with Gasteiger partial charge in [-0.2, -0.15) is 8.61 Å². The standard InChI is InChI=1S/C19H27FN2O4S.C18H27FN2O4S/c1-13-8-14(2)12-22(11-13)27(25,26)15-9-16(19(23)24)18(17(20)10-15)21-6-4-3-5-7-21;1-5-20(6-2)17-15(18(22)23)8-14(9-16(17)19)26(24,25)21-10-12(3)7-13(4)11-21/h9-10,13-14H,3-8,11-12H2,1-2H3,(H,23,24);8-9,12-13H,5-7,10-11H2,1-4H3,(H,22,23). The van der Waals surface area contributed by atoms with Crippen LogP contribution in [-0.4, -0.2) is 100.0 Å². The molecular weight excluding hydrogens is 731 g/mol. The number of carboxylic acids is 2. The highest BCUT2D eigenvalue weighted by molar-refractivity contribution is 7.89. The fourth-order valence-electron chi connectivity index (χ4n) is 7.97. The van der Waals surface area contributed by atoms with Crippen LogP contribution in [0.5, 0.6) is 0 Å². The molecule has 2 aromatic carbocycles. The maximum atomic E-state index is 14.9. The molecule has 12 nitrogen and oxygen atoms in total. The number of sulfonamides is 2. The first kappa shape index (κ1) is 42.4. The summed E-state index contributed by atoms with van der Waals surface area (Å²) in [5.41, 5.74) is -0.678. The predicted molar refractivity (Wildman–Crippen MR) is 200 cm³/mol. The number of piperidine rings is 3. The number of rotatable bonds is 10. The van der Waals surface area contributed by atoms with Crippen molar-refractivity contribution in [2.24, 2.45) is 23.7 Å². The average molecular weight is 785 g/mol. The van der Waals surface area contributed by atoms with Gasteiger partial charge in [-0.3, -0.25) is 0 Å². The number of hydrogen-bond acceptors (Lipinski definition) is 8. The summed E-state index contributed by atoms with van der Waals surface area (Å²) in [6.45, 7) is 14.9. The van der Waals surface area contributed by atoms with Crippen molar-refractivity contribution in [2.75, 3.05) is 62.2 Å². The molecule has 3 fully saturated rings. The lowest BCUT2D eigenvalue weighted by molar-refractivity contribution is 0.0686. The molecule has 3 saturated heterocycles. The van der Waals surface area contributed by atoms with Crippen molar-refractivity contribution in [3.63, 3.8) is 0 Å². The third-order valence-electron chi connectivity index (χ3n) is 10.2. The molecule has 0 saturated carbocycles. The summed E-state index contributed by atoms with van der Waals surface area (Å²) in [6, 6.07) is 4.13. The second kappa shape index (κ2) is 17.4. The van der Waals surface area contributed by atoms with Gasteiger partial charge in [0.25, 0.3) is 0 Å². The molecular formula is C37H54F2N4O8S2. The number of halogens is 2. The second-order valence-electron chi connectivity index (χ2n) is 15.0. The van der Waals surface area contributed by atoms with Gasteiger partial charge in [-0.15, -0.1) is 0 Å². The zero-order valence-electron chi connectivity index (χ0n) is 31.5. The van der Waals surface area contributed by atoms with Gasteiger partial charge in [-0.1, -0.05) is 27.7 Å². The molecule has 0 aromatic heterocycles. The minimum absolute atomic E-state index is 0.00142. The van der Waals surface area contributed by atoms with Crippen molar-refractivity contribution < 1.29 is 45.4 Å². The molecule has 0 aliphatic carbocycles. The van der Waals surface area contributed by atoms with Crippen LogP contribution in [0.4, 0.5) is 20.2 Å². The quantitative estimate of drug-likeness (QED) is 0.284. The summed E-state index contributed by atoms with van der Waals surface area (Å²) >= 11 is 0. The van der Waals surface area contributed by atoms with Crippen LogP contribution in [0, 0.1) is 35.3 Å². The molecule has 0 spiro atoms. The lowest BCUT2D eigenvalue weighted by Crippen LogP contribution is -2.42. The summed E-state index contributed by atoms with van der Waals surface area (Å²) < 4.78 is 84.4. The van der Waals surface area contributed by atoms with Crippen molar-refractivity contribution in [1.29, 1.82) is 0 Å². The molecule has 4 atom stereocenters. The molecule has 16 heteroatoms. The molecule has 2 N–H and O–H groups in total. The SMILES string of the molecule is CC1CC(C)CN(S(=O)(=O)c2cc(F)c(N3CCCCC3)c(C(=O)O)c2)C1.CCN(CC)c1c(F)cc(S(=O)(=O)N2CC(C)CC(C)C2)cc1C(=O)O. The molecule has 0 bridgehead atoms. The molecule has 53 heavy (non-hydrogen) atoms. The first-order valence-electron chi connectivity index (χ1n) is 18.4. The van der Waals surface area contributed by atoms with Gasteiger partial charge in [-0.25, -0.2) is 35.2 Å². The Hall–Kier alpha value is -3.34. The average Bonchev–Trinajstić information content (AvgIpc) is 3.08. The van der Waals surface area contributed by atoms with E-state index in [0.717, 1.165) is 56.4 Å². The maximum Gasteiger partial charge on any atom is 0.337 e. The first-order chi connectivity index (χ1) is 24.8. The number of carbonyl (C=O) groups is 2. The van der Waals surface area contributed by atoms with Gasteiger partial charge in [0.2, 0.25) is 20.0 Å². The third-order valence-corrected chi connectivity index (χ3v) is 13.9. The zero-order chi connectivity index (χ0) is 39.4. The van der Waals surface area contributed by atoms with Crippen LogP contribution in [0.2, 0.25) is 0 Å². The first-order valence-corrected chi connectivity index (χ1v) is 21.3. The lowest BCUT2D eigenvalue weighted by atomic mass is 9.94. The normalized spacial score (nSPS) is 23.2. The molecule has 5 rings (SSSR count). The Bertz CT molecular complexity index is 1850. The van der Waals surface area contributed by atoms with Crippen molar-refractivity contribution in [1.82, 2.24) is 8.61 Å². The molecule has 3 aliphatic heterocycles. The minimum atomic E-state index is -3.95. The monoisotopic (exact) mass is 784 g/mol. The smallest absolute Gasteiger partial charge is 0.337 e. The van der Waals surface area contributed by atoms with Gasteiger partial charge in [-0.05, 0) is 93.9 Å². The zero-order valence-corrected chi connectivity index (χ0v) is 33.1. The predicted octanol–water partition coefficient (Wildman–Crippen LogP) is 6.22.